The van der Waals surface area contributed by atoms with Crippen molar-refractivity contribution in [2.24, 2.45) is 0 Å². The number of para-hydroxylation sites is 1. The van der Waals surface area contributed by atoms with Gasteiger partial charge >= 0.3 is 0 Å². The van der Waals surface area contributed by atoms with Gasteiger partial charge in [-0.2, -0.15) is 4.68 Å². The average Bonchev–Trinajstić information content (AvgIpc) is 2.97. The van der Waals surface area contributed by atoms with Gasteiger partial charge in [-0.25, -0.2) is 0 Å². The molecule has 7 nitrogen and oxygen atoms in total. The summed E-state index contributed by atoms with van der Waals surface area (Å²) in [6, 6.07) is 7.20. The van der Waals surface area contributed by atoms with E-state index in [9.17, 15) is 4.79 Å². The van der Waals surface area contributed by atoms with Crippen LogP contribution in [0, 0.1) is 0 Å². The normalized spacial score (nSPS) is 9.85. The third-order valence-electron chi connectivity index (χ3n) is 2.58. The number of aromatic nitrogens is 4. The number of amides is 1. The Hall–Kier alpha value is -1.99. The molecule has 20 heavy (non-hydrogen) atoms. The zero-order valence-corrected chi connectivity index (χ0v) is 11.9. The van der Waals surface area contributed by atoms with Gasteiger partial charge in [-0.05, 0) is 29.1 Å². The molecule has 2 rings (SSSR count). The molecule has 0 aliphatic rings. The second-order valence-corrected chi connectivity index (χ2v) is 3.88. The van der Waals surface area contributed by atoms with Gasteiger partial charge in [-0.15, -0.1) is 17.5 Å². The van der Waals surface area contributed by atoms with Crippen molar-refractivity contribution in [3.05, 3.63) is 36.2 Å². The Kier molecular flexibility index (Phi) is 6.61. The summed E-state index contributed by atoms with van der Waals surface area (Å²) in [6.45, 7) is 4.23. The van der Waals surface area contributed by atoms with Gasteiger partial charge in [0.1, 0.15) is 6.33 Å². The fourth-order valence-electron chi connectivity index (χ4n) is 1.67. The molecule has 1 aromatic carbocycles. The van der Waals surface area contributed by atoms with Crippen molar-refractivity contribution in [2.45, 2.75) is 6.92 Å². The number of carbonyl (C=O) groups excluding carboxylic acids is 1. The maximum Gasteiger partial charge on any atom is 0.253 e. The number of nitrogens with one attached hydrogen (secondary N) is 2. The van der Waals surface area contributed by atoms with E-state index in [2.05, 4.69) is 26.2 Å². The predicted molar refractivity (Wildman–Crippen MR) is 77.3 cm³/mol. The lowest BCUT2D eigenvalue weighted by atomic mass is 10.1. The Bertz CT molecular complexity index is 531. The average molecular weight is 297 g/mol. The second kappa shape index (κ2) is 8.23. The van der Waals surface area contributed by atoms with E-state index in [1.54, 1.807) is 12.1 Å². The van der Waals surface area contributed by atoms with Gasteiger partial charge in [-0.1, -0.05) is 19.1 Å². The maximum absolute atomic E-state index is 12.1. The van der Waals surface area contributed by atoms with Crippen LogP contribution in [0.3, 0.4) is 0 Å². The molecule has 8 heteroatoms. The number of carbonyl (C=O) groups is 1. The number of hydrogen-bond donors (Lipinski definition) is 2. The minimum Gasteiger partial charge on any atom is -0.351 e. The summed E-state index contributed by atoms with van der Waals surface area (Å²) in [5.41, 5.74) is 1.21. The molecule has 108 valence electrons. The van der Waals surface area contributed by atoms with Gasteiger partial charge in [0.2, 0.25) is 0 Å². The molecular formula is C12H17ClN6O. The van der Waals surface area contributed by atoms with Gasteiger partial charge < -0.3 is 10.6 Å². The highest BCUT2D eigenvalue weighted by Crippen LogP contribution is 2.12. The zero-order chi connectivity index (χ0) is 13.5. The molecule has 1 aromatic heterocycles. The molecule has 1 heterocycles. The van der Waals surface area contributed by atoms with E-state index in [1.165, 1.54) is 11.0 Å². The summed E-state index contributed by atoms with van der Waals surface area (Å²) >= 11 is 0. The number of nitrogens with zero attached hydrogens (tertiary/aromatic N) is 4. The van der Waals surface area contributed by atoms with Crippen molar-refractivity contribution in [3.63, 3.8) is 0 Å². The molecule has 0 fully saturated rings. The highest BCUT2D eigenvalue weighted by Gasteiger charge is 2.12. The Morgan fingerprint density at radius 3 is 2.80 bits per heavy atom. The highest BCUT2D eigenvalue weighted by molar-refractivity contribution is 5.97. The van der Waals surface area contributed by atoms with Crippen molar-refractivity contribution in [1.82, 2.24) is 30.8 Å². The molecule has 0 aliphatic heterocycles. The fraction of sp³-hybridized carbons (Fsp3) is 0.333. The maximum atomic E-state index is 12.1. The van der Waals surface area contributed by atoms with E-state index in [4.69, 9.17) is 0 Å². The number of benzene rings is 1. The van der Waals surface area contributed by atoms with E-state index in [0.29, 0.717) is 17.8 Å². The van der Waals surface area contributed by atoms with E-state index in [-0.39, 0.29) is 18.3 Å². The van der Waals surface area contributed by atoms with Gasteiger partial charge in [0.25, 0.3) is 5.91 Å². The molecule has 0 bridgehead atoms. The smallest absolute Gasteiger partial charge is 0.253 e. The second-order valence-electron chi connectivity index (χ2n) is 3.88. The Morgan fingerprint density at radius 2 is 2.10 bits per heavy atom. The van der Waals surface area contributed by atoms with E-state index < -0.39 is 0 Å². The van der Waals surface area contributed by atoms with Crippen LogP contribution in [0.1, 0.15) is 17.3 Å². The first-order valence-electron chi connectivity index (χ1n) is 6.14. The van der Waals surface area contributed by atoms with Crippen LogP contribution in [0.25, 0.3) is 5.69 Å². The minimum atomic E-state index is -0.135. The summed E-state index contributed by atoms with van der Waals surface area (Å²) < 4.78 is 1.47. The Labute approximate surface area is 123 Å². The van der Waals surface area contributed by atoms with Crippen molar-refractivity contribution in [1.29, 1.82) is 0 Å². The molecular weight excluding hydrogens is 280 g/mol. The van der Waals surface area contributed by atoms with Crippen LogP contribution in [-0.2, 0) is 0 Å². The first-order chi connectivity index (χ1) is 9.33. The van der Waals surface area contributed by atoms with Crippen molar-refractivity contribution >= 4 is 18.3 Å². The fourth-order valence-corrected chi connectivity index (χ4v) is 1.67. The molecule has 1 amide bonds. The predicted octanol–water partition coefficient (Wildman–Crippen LogP) is 0.423. The number of likely N-dealkylation sites (N-methyl/N-ethyl adjacent to an activating group) is 1. The van der Waals surface area contributed by atoms with Crippen LogP contribution < -0.4 is 10.6 Å². The summed E-state index contributed by atoms with van der Waals surface area (Å²) in [4.78, 5) is 12.1. The molecule has 0 saturated heterocycles. The first kappa shape index (κ1) is 16.1. The lowest BCUT2D eigenvalue weighted by molar-refractivity contribution is 0.0954. The minimum absolute atomic E-state index is 0. The van der Waals surface area contributed by atoms with Gasteiger partial charge in [0.15, 0.2) is 0 Å². The largest absolute Gasteiger partial charge is 0.351 e. The van der Waals surface area contributed by atoms with E-state index in [1.807, 2.05) is 19.1 Å². The SMILES string of the molecule is CCNCCNC(=O)c1ccccc1-n1cnnn1.Cl. The third kappa shape index (κ3) is 4.01. The van der Waals surface area contributed by atoms with Crippen LogP contribution in [0.4, 0.5) is 0 Å². The monoisotopic (exact) mass is 296 g/mol. The lowest BCUT2D eigenvalue weighted by Gasteiger charge is -2.09. The van der Waals surface area contributed by atoms with Gasteiger partial charge in [0, 0.05) is 13.1 Å². The van der Waals surface area contributed by atoms with E-state index >= 15 is 0 Å². The van der Waals surface area contributed by atoms with Crippen LogP contribution >= 0.6 is 12.4 Å². The third-order valence-corrected chi connectivity index (χ3v) is 2.58. The van der Waals surface area contributed by atoms with Crippen LogP contribution in [0.15, 0.2) is 30.6 Å². The Morgan fingerprint density at radius 1 is 1.30 bits per heavy atom. The van der Waals surface area contributed by atoms with Crippen molar-refractivity contribution < 1.29 is 4.79 Å². The quantitative estimate of drug-likeness (QED) is 0.755. The standard InChI is InChI=1S/C12H16N6O.ClH/c1-2-13-7-8-14-12(19)10-5-3-4-6-11(10)18-9-15-16-17-18;/h3-6,9,13H,2,7-8H2,1H3,(H,14,19);1H. The van der Waals surface area contributed by atoms with Crippen LogP contribution in [-0.4, -0.2) is 45.7 Å². The van der Waals surface area contributed by atoms with Crippen LogP contribution in [0.2, 0.25) is 0 Å². The summed E-state index contributed by atoms with van der Waals surface area (Å²) in [6.07, 6.45) is 1.46. The number of tetrazole rings is 1. The van der Waals surface area contributed by atoms with Crippen molar-refractivity contribution in [3.8, 4) is 5.69 Å². The molecule has 0 aliphatic carbocycles. The number of hydrogen-bond acceptors (Lipinski definition) is 5. The van der Waals surface area contributed by atoms with Gasteiger partial charge in [0.05, 0.1) is 11.3 Å². The summed E-state index contributed by atoms with van der Waals surface area (Å²) in [7, 11) is 0. The summed E-state index contributed by atoms with van der Waals surface area (Å²) in [5.74, 6) is -0.135. The molecule has 0 atom stereocenters. The number of halogens is 1. The Balaban J connectivity index is 0.00000200. The lowest BCUT2D eigenvalue weighted by Crippen LogP contribution is -2.32. The number of rotatable bonds is 6. The first-order valence-corrected chi connectivity index (χ1v) is 6.14. The molecule has 0 unspecified atom stereocenters. The van der Waals surface area contributed by atoms with Crippen LogP contribution in [0.5, 0.6) is 0 Å². The molecule has 0 saturated carbocycles. The molecule has 0 radical (unpaired) electrons. The van der Waals surface area contributed by atoms with E-state index in [0.717, 1.165) is 13.1 Å². The topological polar surface area (TPSA) is 84.7 Å². The van der Waals surface area contributed by atoms with Crippen molar-refractivity contribution in [2.75, 3.05) is 19.6 Å². The molecule has 2 N–H and O–H groups in total. The highest BCUT2D eigenvalue weighted by atomic mass is 35.5. The zero-order valence-electron chi connectivity index (χ0n) is 11.1. The van der Waals surface area contributed by atoms with Gasteiger partial charge in [-0.3, -0.25) is 4.79 Å². The molecule has 0 spiro atoms. The molecule has 2 aromatic rings. The summed E-state index contributed by atoms with van der Waals surface area (Å²) in [5, 5.41) is 17.0.